The quantitative estimate of drug-likeness (QED) is 0.846. The third-order valence-electron chi connectivity index (χ3n) is 4.06. The van der Waals surface area contributed by atoms with Crippen LogP contribution in [-0.2, 0) is 4.79 Å². The zero-order valence-electron chi connectivity index (χ0n) is 13.0. The highest BCUT2D eigenvalue weighted by Crippen LogP contribution is 2.21. The van der Waals surface area contributed by atoms with E-state index in [1.807, 2.05) is 12.1 Å². The van der Waals surface area contributed by atoms with E-state index in [0.717, 1.165) is 38.0 Å². The van der Waals surface area contributed by atoms with Crippen LogP contribution in [0.3, 0.4) is 0 Å². The average Bonchev–Trinajstić information content (AvgIpc) is 2.54. The van der Waals surface area contributed by atoms with Crippen molar-refractivity contribution in [3.8, 4) is 0 Å². The molecule has 0 bridgehead atoms. The van der Waals surface area contributed by atoms with Crippen LogP contribution < -0.4 is 16.0 Å². The molecule has 1 aromatic carbocycles. The van der Waals surface area contributed by atoms with Gasteiger partial charge < -0.3 is 16.0 Å². The first-order valence-corrected chi connectivity index (χ1v) is 8.12. The lowest BCUT2D eigenvalue weighted by Gasteiger charge is -2.28. The fraction of sp³-hybridized carbons (Fsp3) is 0.588. The Kier molecular flexibility index (Phi) is 6.05. The second kappa shape index (κ2) is 8.03. The monoisotopic (exact) mass is 289 g/mol. The highest BCUT2D eigenvalue weighted by atomic mass is 16.2. The molecule has 4 heteroatoms. The van der Waals surface area contributed by atoms with E-state index in [-0.39, 0.29) is 5.91 Å². The number of nitrogens with zero attached hydrogens (tertiary/aromatic N) is 1. The number of piperidine rings is 1. The van der Waals surface area contributed by atoms with Gasteiger partial charge in [0, 0.05) is 24.5 Å². The van der Waals surface area contributed by atoms with Crippen LogP contribution in [-0.4, -0.2) is 25.0 Å². The first-order chi connectivity index (χ1) is 10.2. The number of rotatable bonds is 6. The average molecular weight is 289 g/mol. The summed E-state index contributed by atoms with van der Waals surface area (Å²) in [5, 5.41) is 2.90. The maximum absolute atomic E-state index is 12.0. The van der Waals surface area contributed by atoms with Gasteiger partial charge in [0.25, 0.3) is 0 Å². The van der Waals surface area contributed by atoms with Crippen LogP contribution in [0.2, 0.25) is 0 Å². The molecule has 1 saturated heterocycles. The molecule has 3 N–H and O–H groups in total. The Bertz CT molecular complexity index is 438. The molecule has 1 aliphatic heterocycles. The number of hydrogen-bond acceptors (Lipinski definition) is 3. The zero-order valence-corrected chi connectivity index (χ0v) is 13.0. The number of nitrogens with two attached hydrogens (primary N) is 1. The van der Waals surface area contributed by atoms with Crippen LogP contribution in [0.5, 0.6) is 0 Å². The fourth-order valence-corrected chi connectivity index (χ4v) is 2.70. The highest BCUT2D eigenvalue weighted by Gasteiger charge is 2.14. The molecule has 21 heavy (non-hydrogen) atoms. The molecule has 1 amide bonds. The lowest BCUT2D eigenvalue weighted by Crippen LogP contribution is -2.35. The van der Waals surface area contributed by atoms with E-state index in [4.69, 9.17) is 5.73 Å². The maximum Gasteiger partial charge on any atom is 0.241 e. The van der Waals surface area contributed by atoms with Crippen LogP contribution in [0.15, 0.2) is 24.3 Å². The lowest BCUT2D eigenvalue weighted by molar-refractivity contribution is -0.117. The SMILES string of the molecule is CCCCC(N)C(=O)Nc1ccc(N2CCCCC2)cc1. The minimum Gasteiger partial charge on any atom is -0.372 e. The van der Waals surface area contributed by atoms with Crippen molar-refractivity contribution in [1.82, 2.24) is 0 Å². The van der Waals surface area contributed by atoms with Gasteiger partial charge in [0.2, 0.25) is 5.91 Å². The summed E-state index contributed by atoms with van der Waals surface area (Å²) >= 11 is 0. The van der Waals surface area contributed by atoms with E-state index in [1.54, 1.807) is 0 Å². The van der Waals surface area contributed by atoms with Crippen molar-refractivity contribution >= 4 is 17.3 Å². The van der Waals surface area contributed by atoms with E-state index < -0.39 is 6.04 Å². The number of hydrogen-bond donors (Lipinski definition) is 2. The van der Waals surface area contributed by atoms with Gasteiger partial charge in [0.15, 0.2) is 0 Å². The van der Waals surface area contributed by atoms with Crippen molar-refractivity contribution in [3.05, 3.63) is 24.3 Å². The Labute approximate surface area is 127 Å². The number of anilines is 2. The molecule has 1 unspecified atom stereocenters. The molecule has 0 aliphatic carbocycles. The third kappa shape index (κ3) is 4.74. The van der Waals surface area contributed by atoms with Gasteiger partial charge in [0.05, 0.1) is 6.04 Å². The Balaban J connectivity index is 1.88. The van der Waals surface area contributed by atoms with Gasteiger partial charge >= 0.3 is 0 Å². The topological polar surface area (TPSA) is 58.4 Å². The number of amides is 1. The second-order valence-electron chi connectivity index (χ2n) is 5.83. The summed E-state index contributed by atoms with van der Waals surface area (Å²) in [6.07, 6.45) is 6.66. The van der Waals surface area contributed by atoms with Crippen molar-refractivity contribution in [2.45, 2.75) is 51.5 Å². The van der Waals surface area contributed by atoms with Crippen LogP contribution in [0.1, 0.15) is 45.4 Å². The minimum atomic E-state index is -0.410. The first-order valence-electron chi connectivity index (χ1n) is 8.12. The second-order valence-corrected chi connectivity index (χ2v) is 5.83. The molecule has 1 aromatic rings. The van der Waals surface area contributed by atoms with E-state index in [0.29, 0.717) is 0 Å². The number of unbranched alkanes of at least 4 members (excludes halogenated alkanes) is 1. The summed E-state index contributed by atoms with van der Waals surface area (Å²) < 4.78 is 0. The normalized spacial score (nSPS) is 16.6. The molecule has 1 aliphatic rings. The van der Waals surface area contributed by atoms with Gasteiger partial charge in [-0.2, -0.15) is 0 Å². The van der Waals surface area contributed by atoms with E-state index in [2.05, 4.69) is 29.3 Å². The molecule has 0 aromatic heterocycles. The molecule has 1 fully saturated rings. The van der Waals surface area contributed by atoms with Crippen LogP contribution in [0.4, 0.5) is 11.4 Å². The number of carbonyl (C=O) groups is 1. The summed E-state index contributed by atoms with van der Waals surface area (Å²) in [5.74, 6) is -0.0887. The molecule has 0 spiro atoms. The van der Waals surface area contributed by atoms with Crippen LogP contribution in [0.25, 0.3) is 0 Å². The fourth-order valence-electron chi connectivity index (χ4n) is 2.70. The summed E-state index contributed by atoms with van der Waals surface area (Å²) in [5.41, 5.74) is 7.94. The molecule has 0 saturated carbocycles. The summed E-state index contributed by atoms with van der Waals surface area (Å²) in [6, 6.07) is 7.69. The van der Waals surface area contributed by atoms with E-state index >= 15 is 0 Å². The first kappa shape index (κ1) is 15.8. The Morgan fingerprint density at radius 2 is 1.90 bits per heavy atom. The third-order valence-corrected chi connectivity index (χ3v) is 4.06. The predicted molar refractivity (Wildman–Crippen MR) is 88.6 cm³/mol. The molecule has 2 rings (SSSR count). The van der Waals surface area contributed by atoms with Crippen molar-refractivity contribution in [2.24, 2.45) is 5.73 Å². The van der Waals surface area contributed by atoms with Gasteiger partial charge in [-0.05, 0) is 49.9 Å². The van der Waals surface area contributed by atoms with E-state index in [9.17, 15) is 4.79 Å². The minimum absolute atomic E-state index is 0.0887. The maximum atomic E-state index is 12.0. The van der Waals surface area contributed by atoms with Gasteiger partial charge in [-0.1, -0.05) is 19.8 Å². The lowest BCUT2D eigenvalue weighted by atomic mass is 10.1. The number of benzene rings is 1. The van der Waals surface area contributed by atoms with Crippen LogP contribution >= 0.6 is 0 Å². The predicted octanol–water partition coefficient (Wildman–Crippen LogP) is 3.13. The number of carbonyl (C=O) groups excluding carboxylic acids is 1. The van der Waals surface area contributed by atoms with Crippen molar-refractivity contribution < 1.29 is 4.79 Å². The molecule has 4 nitrogen and oxygen atoms in total. The van der Waals surface area contributed by atoms with Crippen LogP contribution in [0, 0.1) is 0 Å². The Morgan fingerprint density at radius 3 is 2.52 bits per heavy atom. The summed E-state index contributed by atoms with van der Waals surface area (Å²) in [7, 11) is 0. The highest BCUT2D eigenvalue weighted by molar-refractivity contribution is 5.94. The molecule has 1 heterocycles. The van der Waals surface area contributed by atoms with Gasteiger partial charge in [0.1, 0.15) is 0 Å². The van der Waals surface area contributed by atoms with Crippen molar-refractivity contribution in [2.75, 3.05) is 23.3 Å². The smallest absolute Gasteiger partial charge is 0.241 e. The van der Waals surface area contributed by atoms with Crippen molar-refractivity contribution in [3.63, 3.8) is 0 Å². The molecular weight excluding hydrogens is 262 g/mol. The van der Waals surface area contributed by atoms with Crippen molar-refractivity contribution in [1.29, 1.82) is 0 Å². The summed E-state index contributed by atoms with van der Waals surface area (Å²) in [4.78, 5) is 14.4. The number of nitrogens with one attached hydrogen (secondary N) is 1. The summed E-state index contributed by atoms with van der Waals surface area (Å²) in [6.45, 7) is 4.37. The molecule has 116 valence electrons. The molecule has 1 atom stereocenters. The van der Waals surface area contributed by atoms with Gasteiger partial charge in [-0.3, -0.25) is 4.79 Å². The standard InChI is InChI=1S/C17H27N3O/c1-2-3-7-16(18)17(21)19-14-8-10-15(11-9-14)20-12-5-4-6-13-20/h8-11,16H,2-7,12-13,18H2,1H3,(H,19,21). The zero-order chi connectivity index (χ0) is 15.1. The van der Waals surface area contributed by atoms with Gasteiger partial charge in [-0.25, -0.2) is 0 Å². The molecule has 0 radical (unpaired) electrons. The Hall–Kier alpha value is -1.55. The molecular formula is C17H27N3O. The Morgan fingerprint density at radius 1 is 1.24 bits per heavy atom. The van der Waals surface area contributed by atoms with Gasteiger partial charge in [-0.15, -0.1) is 0 Å². The largest absolute Gasteiger partial charge is 0.372 e. The van der Waals surface area contributed by atoms with E-state index in [1.165, 1.54) is 24.9 Å².